The summed E-state index contributed by atoms with van der Waals surface area (Å²) in [4.78, 5) is 2.24. The summed E-state index contributed by atoms with van der Waals surface area (Å²) in [5.41, 5.74) is 4.04. The number of hydrogen-bond donors (Lipinski definition) is 4. The lowest BCUT2D eigenvalue weighted by atomic mass is 9.98. The molecule has 3 aromatic rings. The van der Waals surface area contributed by atoms with E-state index in [4.69, 9.17) is 9.47 Å². The topological polar surface area (TPSA) is 103 Å². The smallest absolute Gasteiger partial charge is 0.128 e. The average molecular weight is 425 g/mol. The second-order valence-corrected chi connectivity index (χ2v) is 7.54. The molecule has 0 aliphatic carbocycles. The molecule has 2 aromatic carbocycles. The Hall–Kier alpha value is -3.39. The molecular weight excluding hydrogens is 396 g/mol. The van der Waals surface area contributed by atoms with Gasteiger partial charge in [-0.2, -0.15) is 5.10 Å². The van der Waals surface area contributed by atoms with E-state index < -0.39 is 0 Å². The SMILES string of the molecule is COc1ccc(OC)c(CCc2cc(-c3[nH]ncc3N3CCNCC3)c(O)cc2O)c1. The molecule has 0 atom stereocenters. The third kappa shape index (κ3) is 4.39. The lowest BCUT2D eigenvalue weighted by Gasteiger charge is -2.29. The van der Waals surface area contributed by atoms with Crippen molar-refractivity contribution in [1.82, 2.24) is 15.5 Å². The van der Waals surface area contributed by atoms with E-state index in [1.807, 2.05) is 24.3 Å². The number of hydrogen-bond acceptors (Lipinski definition) is 7. The van der Waals surface area contributed by atoms with Gasteiger partial charge < -0.3 is 29.9 Å². The van der Waals surface area contributed by atoms with Gasteiger partial charge in [-0.3, -0.25) is 5.10 Å². The van der Waals surface area contributed by atoms with Crippen LogP contribution in [-0.2, 0) is 12.8 Å². The molecule has 4 rings (SSSR count). The number of anilines is 1. The van der Waals surface area contributed by atoms with E-state index in [2.05, 4.69) is 20.4 Å². The van der Waals surface area contributed by atoms with Crippen LogP contribution in [0.5, 0.6) is 23.0 Å². The maximum absolute atomic E-state index is 10.6. The fraction of sp³-hybridized carbons (Fsp3) is 0.348. The van der Waals surface area contributed by atoms with Gasteiger partial charge in [0, 0.05) is 37.8 Å². The van der Waals surface area contributed by atoms with Gasteiger partial charge in [0.15, 0.2) is 0 Å². The molecule has 31 heavy (non-hydrogen) atoms. The van der Waals surface area contributed by atoms with Crippen LogP contribution in [0.15, 0.2) is 36.5 Å². The quantitative estimate of drug-likeness (QED) is 0.462. The van der Waals surface area contributed by atoms with E-state index in [1.165, 1.54) is 6.07 Å². The van der Waals surface area contributed by atoms with Gasteiger partial charge in [0.05, 0.1) is 31.8 Å². The number of phenolic OH excluding ortho intramolecular Hbond substituents is 2. The summed E-state index contributed by atoms with van der Waals surface area (Å²) in [6.07, 6.45) is 3.00. The van der Waals surface area contributed by atoms with E-state index in [-0.39, 0.29) is 11.5 Å². The lowest BCUT2D eigenvalue weighted by molar-refractivity contribution is 0.398. The van der Waals surface area contributed by atoms with Crippen molar-refractivity contribution in [2.24, 2.45) is 0 Å². The van der Waals surface area contributed by atoms with Crippen molar-refractivity contribution in [2.45, 2.75) is 12.8 Å². The summed E-state index contributed by atoms with van der Waals surface area (Å²) < 4.78 is 10.8. The molecule has 8 nitrogen and oxygen atoms in total. The molecule has 1 aliphatic rings. The minimum Gasteiger partial charge on any atom is -0.508 e. The number of ether oxygens (including phenoxy) is 2. The molecule has 0 saturated carbocycles. The zero-order valence-electron chi connectivity index (χ0n) is 17.8. The largest absolute Gasteiger partial charge is 0.508 e. The molecule has 1 aromatic heterocycles. The molecule has 1 fully saturated rings. The van der Waals surface area contributed by atoms with Crippen LogP contribution in [0.1, 0.15) is 11.1 Å². The van der Waals surface area contributed by atoms with Gasteiger partial charge in [-0.25, -0.2) is 0 Å². The first-order valence-electron chi connectivity index (χ1n) is 10.4. The second kappa shape index (κ2) is 9.18. The molecule has 1 aliphatic heterocycles. The predicted molar refractivity (Wildman–Crippen MR) is 119 cm³/mol. The molecule has 0 bridgehead atoms. The predicted octanol–water partition coefficient (Wildman–Crippen LogP) is 2.70. The summed E-state index contributed by atoms with van der Waals surface area (Å²) in [6, 6.07) is 8.90. The van der Waals surface area contributed by atoms with E-state index in [9.17, 15) is 10.2 Å². The van der Waals surface area contributed by atoms with Crippen molar-refractivity contribution in [3.8, 4) is 34.3 Å². The normalized spacial score (nSPS) is 13.9. The number of phenols is 2. The highest BCUT2D eigenvalue weighted by Gasteiger charge is 2.20. The van der Waals surface area contributed by atoms with Gasteiger partial charge in [0.1, 0.15) is 23.0 Å². The summed E-state index contributed by atoms with van der Waals surface area (Å²) in [6.45, 7) is 3.54. The Morgan fingerprint density at radius 2 is 1.74 bits per heavy atom. The van der Waals surface area contributed by atoms with Crippen molar-refractivity contribution in [1.29, 1.82) is 0 Å². The van der Waals surface area contributed by atoms with Crippen molar-refractivity contribution in [3.05, 3.63) is 47.7 Å². The Labute approximate surface area is 181 Å². The molecule has 0 amide bonds. The first-order chi connectivity index (χ1) is 15.1. The van der Waals surface area contributed by atoms with Gasteiger partial charge >= 0.3 is 0 Å². The monoisotopic (exact) mass is 424 g/mol. The minimum absolute atomic E-state index is 0.0147. The Bertz CT molecular complexity index is 1040. The molecule has 2 heterocycles. The van der Waals surface area contributed by atoms with E-state index in [0.717, 1.165) is 60.2 Å². The molecule has 0 radical (unpaired) electrons. The van der Waals surface area contributed by atoms with Crippen LogP contribution >= 0.6 is 0 Å². The number of nitrogens with zero attached hydrogens (tertiary/aromatic N) is 2. The van der Waals surface area contributed by atoms with Crippen molar-refractivity contribution < 1.29 is 19.7 Å². The standard InChI is InChI=1S/C23H28N4O4/c1-30-17-5-6-22(31-2)16(11-17)4-3-15-12-18(21(29)13-20(15)28)23-19(14-25-26-23)27-9-7-24-8-10-27/h5-6,11-14,24,28-29H,3-4,7-10H2,1-2H3,(H,25,26). The highest BCUT2D eigenvalue weighted by atomic mass is 16.5. The van der Waals surface area contributed by atoms with Crippen LogP contribution in [0.25, 0.3) is 11.3 Å². The average Bonchev–Trinajstić information content (AvgIpc) is 3.28. The third-order valence-corrected chi connectivity index (χ3v) is 5.69. The highest BCUT2D eigenvalue weighted by Crippen LogP contribution is 2.39. The summed E-state index contributed by atoms with van der Waals surface area (Å²) >= 11 is 0. The van der Waals surface area contributed by atoms with Gasteiger partial charge in [0.2, 0.25) is 0 Å². The summed E-state index contributed by atoms with van der Waals surface area (Å²) in [5.74, 6) is 1.60. The maximum atomic E-state index is 10.6. The van der Waals surface area contributed by atoms with Gasteiger partial charge in [0.25, 0.3) is 0 Å². The number of aromatic amines is 1. The number of aromatic nitrogens is 2. The van der Waals surface area contributed by atoms with Crippen molar-refractivity contribution >= 4 is 5.69 Å². The molecule has 0 unspecified atom stereocenters. The zero-order valence-corrected chi connectivity index (χ0v) is 17.8. The Kier molecular flexibility index (Phi) is 6.18. The van der Waals surface area contributed by atoms with Crippen LogP contribution in [0.2, 0.25) is 0 Å². The zero-order chi connectivity index (χ0) is 21.8. The van der Waals surface area contributed by atoms with Crippen LogP contribution < -0.4 is 19.7 Å². The van der Waals surface area contributed by atoms with E-state index in [0.29, 0.717) is 18.4 Å². The summed E-state index contributed by atoms with van der Waals surface area (Å²) in [7, 11) is 3.27. The number of benzene rings is 2. The fourth-order valence-corrected chi connectivity index (χ4v) is 3.99. The number of aromatic hydroxyl groups is 2. The number of rotatable bonds is 7. The molecular formula is C23H28N4O4. The number of piperazine rings is 1. The summed E-state index contributed by atoms with van der Waals surface area (Å²) in [5, 5.41) is 31.6. The molecule has 4 N–H and O–H groups in total. The first-order valence-corrected chi connectivity index (χ1v) is 10.4. The van der Waals surface area contributed by atoms with E-state index >= 15 is 0 Å². The lowest BCUT2D eigenvalue weighted by Crippen LogP contribution is -2.43. The number of H-pyrrole nitrogens is 1. The Morgan fingerprint density at radius 3 is 2.48 bits per heavy atom. The van der Waals surface area contributed by atoms with E-state index in [1.54, 1.807) is 20.4 Å². The molecule has 164 valence electrons. The highest BCUT2D eigenvalue weighted by molar-refractivity contribution is 5.80. The molecule has 0 spiro atoms. The van der Waals surface area contributed by atoms with Crippen LogP contribution in [-0.4, -0.2) is 60.8 Å². The first kappa shape index (κ1) is 20.9. The van der Waals surface area contributed by atoms with Crippen molar-refractivity contribution in [2.75, 3.05) is 45.3 Å². The number of aryl methyl sites for hydroxylation is 2. The fourth-order valence-electron chi connectivity index (χ4n) is 3.99. The number of methoxy groups -OCH3 is 2. The van der Waals surface area contributed by atoms with Gasteiger partial charge in [-0.1, -0.05) is 0 Å². The van der Waals surface area contributed by atoms with Crippen molar-refractivity contribution in [3.63, 3.8) is 0 Å². The van der Waals surface area contributed by atoms with Crippen LogP contribution in [0, 0.1) is 0 Å². The number of nitrogens with one attached hydrogen (secondary N) is 2. The second-order valence-electron chi connectivity index (χ2n) is 7.54. The van der Waals surface area contributed by atoms with Crippen LogP contribution in [0.4, 0.5) is 5.69 Å². The third-order valence-electron chi connectivity index (χ3n) is 5.69. The Balaban J connectivity index is 1.62. The van der Waals surface area contributed by atoms with Crippen LogP contribution in [0.3, 0.4) is 0 Å². The minimum atomic E-state index is 0.0147. The Morgan fingerprint density at radius 1 is 0.968 bits per heavy atom. The van der Waals surface area contributed by atoms with Gasteiger partial charge in [-0.05, 0) is 48.2 Å². The van der Waals surface area contributed by atoms with Gasteiger partial charge in [-0.15, -0.1) is 0 Å². The maximum Gasteiger partial charge on any atom is 0.128 e. The molecule has 8 heteroatoms. The molecule has 1 saturated heterocycles.